The van der Waals surface area contributed by atoms with Gasteiger partial charge in [0.2, 0.25) is 17.7 Å². The van der Waals surface area contributed by atoms with E-state index in [0.717, 1.165) is 4.90 Å². The molecule has 198 valence electrons. The van der Waals surface area contributed by atoms with Crippen LogP contribution in [-0.2, 0) is 23.9 Å². The van der Waals surface area contributed by atoms with Gasteiger partial charge < -0.3 is 15.5 Å². The Morgan fingerprint density at radius 2 is 1.86 bits per heavy atom. The summed E-state index contributed by atoms with van der Waals surface area (Å²) in [6.07, 6.45) is -4.41. The molecule has 2 N–H and O–H groups in total. The van der Waals surface area contributed by atoms with Gasteiger partial charge in [0.15, 0.2) is 5.78 Å². The van der Waals surface area contributed by atoms with Gasteiger partial charge in [0.1, 0.15) is 12.6 Å². The van der Waals surface area contributed by atoms with E-state index in [1.54, 1.807) is 0 Å². The summed E-state index contributed by atoms with van der Waals surface area (Å²) in [4.78, 5) is 51.4. The zero-order valence-electron chi connectivity index (χ0n) is 19.6. The third-order valence-corrected chi connectivity index (χ3v) is 7.09. The van der Waals surface area contributed by atoms with Gasteiger partial charge in [-0.05, 0) is 37.5 Å². The molecule has 0 aromatic rings. The van der Waals surface area contributed by atoms with Gasteiger partial charge in [0, 0.05) is 24.9 Å². The number of nitrogens with zero attached hydrogens (tertiary/aromatic N) is 1. The van der Waals surface area contributed by atoms with Crippen molar-refractivity contribution in [3.05, 3.63) is 0 Å². The zero-order chi connectivity index (χ0) is 26.2. The fourth-order valence-electron chi connectivity index (χ4n) is 4.55. The van der Waals surface area contributed by atoms with Gasteiger partial charge in [-0.25, -0.2) is 8.78 Å². The standard InChI is InChI=1S/C22H30F5N3O5/c1-12(2)21(23,24)9-17(32)30-11-20(4-5-20)8-15(30)19(34)29-14(7-13-3-6-28-18(13)33)16(31)10-35-22(25,26)27/h12-15H,3-11H2,1-2H3,(H,28,33)(H,29,34)/t13-,14-,15-/m0/s1. The van der Waals surface area contributed by atoms with Crippen molar-refractivity contribution in [2.45, 2.75) is 76.7 Å². The molecule has 3 amide bonds. The van der Waals surface area contributed by atoms with Crippen molar-refractivity contribution in [2.75, 3.05) is 19.7 Å². The van der Waals surface area contributed by atoms with Crippen molar-refractivity contribution in [1.82, 2.24) is 15.5 Å². The molecule has 1 saturated carbocycles. The molecule has 3 rings (SSSR count). The molecule has 2 saturated heterocycles. The van der Waals surface area contributed by atoms with E-state index in [4.69, 9.17) is 0 Å². The molecule has 0 radical (unpaired) electrons. The number of ether oxygens (including phenoxy) is 1. The van der Waals surface area contributed by atoms with E-state index in [9.17, 15) is 41.1 Å². The summed E-state index contributed by atoms with van der Waals surface area (Å²) in [7, 11) is 0. The van der Waals surface area contributed by atoms with Crippen LogP contribution in [0.15, 0.2) is 0 Å². The SMILES string of the molecule is CC(C)C(F)(F)CC(=O)N1CC2(CC2)C[C@H]1C(=O)N[C@@H](C[C@@H]1CCNC1=O)C(=O)COC(F)(F)F. The van der Waals surface area contributed by atoms with E-state index in [-0.39, 0.29) is 30.7 Å². The molecule has 2 aliphatic heterocycles. The monoisotopic (exact) mass is 511 g/mol. The van der Waals surface area contributed by atoms with Crippen molar-refractivity contribution in [3.8, 4) is 0 Å². The topological polar surface area (TPSA) is 105 Å². The Balaban J connectivity index is 1.73. The van der Waals surface area contributed by atoms with Crippen LogP contribution in [0.1, 0.15) is 52.4 Å². The number of likely N-dealkylation sites (tertiary alicyclic amines) is 1. The summed E-state index contributed by atoms with van der Waals surface area (Å²) < 4.78 is 69.4. The Bertz CT molecular complexity index is 859. The van der Waals surface area contributed by atoms with Crippen molar-refractivity contribution in [1.29, 1.82) is 0 Å². The van der Waals surface area contributed by atoms with E-state index < -0.39 is 66.8 Å². The number of hydrogen-bond donors (Lipinski definition) is 2. The van der Waals surface area contributed by atoms with Crippen LogP contribution in [0.2, 0.25) is 0 Å². The van der Waals surface area contributed by atoms with Crippen LogP contribution in [0.3, 0.4) is 0 Å². The largest absolute Gasteiger partial charge is 0.522 e. The molecule has 2 heterocycles. The average molecular weight is 511 g/mol. The molecule has 3 aliphatic rings. The van der Waals surface area contributed by atoms with Crippen molar-refractivity contribution in [2.24, 2.45) is 17.3 Å². The number of hydrogen-bond acceptors (Lipinski definition) is 5. The lowest BCUT2D eigenvalue weighted by molar-refractivity contribution is -0.321. The fraction of sp³-hybridized carbons (Fsp3) is 0.818. The summed E-state index contributed by atoms with van der Waals surface area (Å²) in [6, 6.07) is -2.60. The third-order valence-electron chi connectivity index (χ3n) is 7.09. The molecule has 0 aromatic heterocycles. The van der Waals surface area contributed by atoms with Crippen LogP contribution in [-0.4, -0.2) is 72.5 Å². The predicted octanol–water partition coefficient (Wildman–Crippen LogP) is 2.17. The van der Waals surface area contributed by atoms with E-state index in [1.165, 1.54) is 13.8 Å². The molecule has 3 fully saturated rings. The molecule has 35 heavy (non-hydrogen) atoms. The normalized spacial score (nSPS) is 24.6. The number of halogens is 5. The molecule has 8 nitrogen and oxygen atoms in total. The van der Waals surface area contributed by atoms with Gasteiger partial charge in [-0.15, -0.1) is 13.2 Å². The molecule has 0 aromatic carbocycles. The number of alkyl halides is 5. The highest BCUT2D eigenvalue weighted by atomic mass is 19.4. The Morgan fingerprint density at radius 1 is 1.20 bits per heavy atom. The fourth-order valence-corrected chi connectivity index (χ4v) is 4.55. The van der Waals surface area contributed by atoms with E-state index in [2.05, 4.69) is 15.4 Å². The van der Waals surface area contributed by atoms with E-state index in [1.807, 2.05) is 0 Å². The van der Waals surface area contributed by atoms with Crippen molar-refractivity contribution >= 4 is 23.5 Å². The van der Waals surface area contributed by atoms with Crippen LogP contribution in [0.5, 0.6) is 0 Å². The lowest BCUT2D eigenvalue weighted by atomic mass is 9.95. The first-order chi connectivity index (χ1) is 16.1. The van der Waals surface area contributed by atoms with Crippen LogP contribution >= 0.6 is 0 Å². The maximum absolute atomic E-state index is 14.2. The second kappa shape index (κ2) is 9.98. The average Bonchev–Trinajstić information content (AvgIpc) is 3.19. The summed E-state index contributed by atoms with van der Waals surface area (Å²) in [5.41, 5.74) is -0.352. The van der Waals surface area contributed by atoms with Crippen LogP contribution in [0.25, 0.3) is 0 Å². The highest BCUT2D eigenvalue weighted by molar-refractivity contribution is 5.94. The Labute approximate surface area is 199 Å². The molecule has 0 unspecified atom stereocenters. The van der Waals surface area contributed by atoms with E-state index >= 15 is 0 Å². The number of amides is 3. The van der Waals surface area contributed by atoms with Gasteiger partial charge in [-0.3, -0.25) is 23.9 Å². The number of carbonyl (C=O) groups excluding carboxylic acids is 4. The molecule has 1 spiro atoms. The van der Waals surface area contributed by atoms with Crippen LogP contribution < -0.4 is 10.6 Å². The van der Waals surface area contributed by atoms with Crippen molar-refractivity contribution in [3.63, 3.8) is 0 Å². The first-order valence-electron chi connectivity index (χ1n) is 11.6. The summed E-state index contributed by atoms with van der Waals surface area (Å²) in [6.45, 7) is 1.65. The molecular weight excluding hydrogens is 481 g/mol. The minimum Gasteiger partial charge on any atom is -0.356 e. The maximum atomic E-state index is 14.2. The highest BCUT2D eigenvalue weighted by Gasteiger charge is 2.56. The van der Waals surface area contributed by atoms with Crippen LogP contribution in [0.4, 0.5) is 22.0 Å². The number of Topliss-reactive ketones (excluding diaryl/α,β-unsaturated/α-hetero) is 1. The van der Waals surface area contributed by atoms with Crippen molar-refractivity contribution < 1.29 is 45.9 Å². The van der Waals surface area contributed by atoms with Gasteiger partial charge in [0.05, 0.1) is 12.5 Å². The molecule has 0 bridgehead atoms. The summed E-state index contributed by atoms with van der Waals surface area (Å²) >= 11 is 0. The van der Waals surface area contributed by atoms with Gasteiger partial charge >= 0.3 is 6.36 Å². The quantitative estimate of drug-likeness (QED) is 0.438. The highest BCUT2D eigenvalue weighted by Crippen LogP contribution is 2.55. The predicted molar refractivity (Wildman–Crippen MR) is 111 cm³/mol. The first-order valence-corrected chi connectivity index (χ1v) is 11.6. The van der Waals surface area contributed by atoms with Gasteiger partial charge in [0.25, 0.3) is 5.92 Å². The number of nitrogens with one attached hydrogen (secondary N) is 2. The number of carbonyl (C=O) groups is 4. The second-order valence-electron chi connectivity index (χ2n) is 10.1. The molecule has 1 aliphatic carbocycles. The first kappa shape index (κ1) is 27.3. The Morgan fingerprint density at radius 3 is 2.37 bits per heavy atom. The summed E-state index contributed by atoms with van der Waals surface area (Å²) in [5.74, 6) is -8.26. The second-order valence-corrected chi connectivity index (χ2v) is 10.1. The molecular formula is C22H30F5N3O5. The van der Waals surface area contributed by atoms with Gasteiger partial charge in [-0.2, -0.15) is 0 Å². The third kappa shape index (κ3) is 6.89. The van der Waals surface area contributed by atoms with E-state index in [0.29, 0.717) is 25.8 Å². The molecule has 3 atom stereocenters. The minimum absolute atomic E-state index is 0.124. The maximum Gasteiger partial charge on any atom is 0.522 e. The summed E-state index contributed by atoms with van der Waals surface area (Å²) in [5, 5.41) is 4.93. The number of rotatable bonds is 10. The van der Waals surface area contributed by atoms with Crippen LogP contribution in [0, 0.1) is 17.3 Å². The number of ketones is 1. The minimum atomic E-state index is -5.07. The zero-order valence-corrected chi connectivity index (χ0v) is 19.6. The smallest absolute Gasteiger partial charge is 0.356 e. The molecule has 13 heteroatoms. The lowest BCUT2D eigenvalue weighted by Gasteiger charge is -2.29. The lowest BCUT2D eigenvalue weighted by Crippen LogP contribution is -2.53. The Kier molecular flexibility index (Phi) is 7.78. The van der Waals surface area contributed by atoms with Gasteiger partial charge in [-0.1, -0.05) is 13.8 Å². The Hall–Kier alpha value is -2.31.